The maximum atomic E-state index is 10.9. The lowest BCUT2D eigenvalue weighted by Crippen LogP contribution is -2.18. The van der Waals surface area contributed by atoms with Crippen LogP contribution in [0.25, 0.3) is 0 Å². The van der Waals surface area contributed by atoms with Gasteiger partial charge >= 0.3 is 0 Å². The quantitative estimate of drug-likeness (QED) is 0.794. The van der Waals surface area contributed by atoms with Crippen molar-refractivity contribution in [2.45, 2.75) is 19.4 Å². The van der Waals surface area contributed by atoms with Crippen LogP contribution in [0.1, 0.15) is 13.3 Å². The zero-order valence-electron chi connectivity index (χ0n) is 9.06. The van der Waals surface area contributed by atoms with Crippen LogP contribution in [0, 0.1) is 0 Å². The van der Waals surface area contributed by atoms with Crippen LogP contribution in [0.5, 0.6) is 0 Å². The van der Waals surface area contributed by atoms with Crippen molar-refractivity contribution in [1.82, 2.24) is 4.98 Å². The molecule has 0 aliphatic heterocycles. The van der Waals surface area contributed by atoms with Gasteiger partial charge in [0.25, 0.3) is 0 Å². The second-order valence-electron chi connectivity index (χ2n) is 3.59. The largest absolute Gasteiger partial charge is 0.397 e. The molecule has 0 spiro atoms. The minimum Gasteiger partial charge on any atom is -0.397 e. The van der Waals surface area contributed by atoms with Crippen molar-refractivity contribution < 1.29 is 4.21 Å². The first-order valence-electron chi connectivity index (χ1n) is 4.86. The fraction of sp³-hybridized carbons (Fsp3) is 0.500. The monoisotopic (exact) mass is 227 g/mol. The highest BCUT2D eigenvalue weighted by Crippen LogP contribution is 2.08. The van der Waals surface area contributed by atoms with Crippen molar-refractivity contribution >= 4 is 22.3 Å². The number of hydrogen-bond acceptors (Lipinski definition) is 4. The first-order valence-corrected chi connectivity index (χ1v) is 6.58. The van der Waals surface area contributed by atoms with E-state index in [0.29, 0.717) is 11.4 Å². The number of aromatic nitrogens is 1. The predicted molar refractivity (Wildman–Crippen MR) is 65.3 cm³/mol. The Morgan fingerprint density at radius 1 is 1.60 bits per heavy atom. The number of nitrogen functional groups attached to an aromatic ring is 1. The summed E-state index contributed by atoms with van der Waals surface area (Å²) in [4.78, 5) is 4.13. The van der Waals surface area contributed by atoms with E-state index in [1.807, 2.05) is 13.0 Å². The molecule has 0 bridgehead atoms. The van der Waals surface area contributed by atoms with Crippen molar-refractivity contribution in [3.8, 4) is 0 Å². The average Bonchev–Trinajstić information content (AvgIpc) is 2.19. The zero-order valence-corrected chi connectivity index (χ0v) is 9.88. The van der Waals surface area contributed by atoms with E-state index in [1.54, 1.807) is 18.5 Å². The summed E-state index contributed by atoms with van der Waals surface area (Å²) in [5.41, 5.74) is 6.18. The Hall–Kier alpha value is -1.10. The van der Waals surface area contributed by atoms with Crippen LogP contribution >= 0.6 is 0 Å². The highest BCUT2D eigenvalue weighted by atomic mass is 32.2. The molecule has 0 aliphatic carbocycles. The standard InChI is InChI=1S/C10H17N3OS/c1-8(5-6-15(2)14)13-10-4-3-9(11)7-12-10/h3-4,7-8H,5-6,11H2,1-2H3,(H,12,13). The van der Waals surface area contributed by atoms with Gasteiger partial charge in [0.2, 0.25) is 0 Å². The third kappa shape index (κ3) is 4.78. The summed E-state index contributed by atoms with van der Waals surface area (Å²) in [5.74, 6) is 1.52. The highest BCUT2D eigenvalue weighted by molar-refractivity contribution is 7.84. The Labute approximate surface area is 92.7 Å². The molecular formula is C10H17N3OS. The van der Waals surface area contributed by atoms with E-state index in [1.165, 1.54) is 0 Å². The van der Waals surface area contributed by atoms with Gasteiger partial charge in [0.15, 0.2) is 0 Å². The van der Waals surface area contributed by atoms with Crippen LogP contribution in [0.4, 0.5) is 11.5 Å². The van der Waals surface area contributed by atoms with Gasteiger partial charge < -0.3 is 11.1 Å². The molecule has 1 aromatic heterocycles. The molecule has 3 N–H and O–H groups in total. The number of hydrogen-bond donors (Lipinski definition) is 2. The van der Waals surface area contributed by atoms with E-state index in [9.17, 15) is 4.21 Å². The molecule has 0 aromatic carbocycles. The molecule has 5 heteroatoms. The first kappa shape index (κ1) is 12.0. The maximum Gasteiger partial charge on any atom is 0.126 e. The first-order chi connectivity index (χ1) is 7.08. The Morgan fingerprint density at radius 3 is 2.87 bits per heavy atom. The van der Waals surface area contributed by atoms with E-state index < -0.39 is 10.8 Å². The molecule has 0 radical (unpaired) electrons. The summed E-state index contributed by atoms with van der Waals surface area (Å²) in [6, 6.07) is 3.92. The van der Waals surface area contributed by atoms with Gasteiger partial charge in [-0.3, -0.25) is 4.21 Å². The van der Waals surface area contributed by atoms with Crippen molar-refractivity contribution in [3.63, 3.8) is 0 Å². The highest BCUT2D eigenvalue weighted by Gasteiger charge is 2.03. The molecule has 0 fully saturated rings. The molecule has 1 aromatic rings. The van der Waals surface area contributed by atoms with E-state index in [2.05, 4.69) is 10.3 Å². The average molecular weight is 227 g/mol. The van der Waals surface area contributed by atoms with E-state index in [0.717, 1.165) is 12.2 Å². The Kier molecular flexibility index (Phi) is 4.55. The topological polar surface area (TPSA) is 68.0 Å². The molecule has 0 saturated heterocycles. The predicted octanol–water partition coefficient (Wildman–Crippen LogP) is 1.23. The summed E-state index contributed by atoms with van der Waals surface area (Å²) >= 11 is 0. The number of nitrogens with one attached hydrogen (secondary N) is 1. The van der Waals surface area contributed by atoms with Crippen LogP contribution in [0.2, 0.25) is 0 Å². The lowest BCUT2D eigenvalue weighted by atomic mass is 10.2. The molecule has 0 amide bonds. The smallest absolute Gasteiger partial charge is 0.126 e. The summed E-state index contributed by atoms with van der Waals surface area (Å²) in [6.45, 7) is 2.05. The molecule has 0 saturated carbocycles. The van der Waals surface area contributed by atoms with Gasteiger partial charge in [-0.25, -0.2) is 4.98 Å². The third-order valence-electron chi connectivity index (χ3n) is 2.02. The van der Waals surface area contributed by atoms with Crippen LogP contribution in [-0.2, 0) is 10.8 Å². The molecule has 0 aliphatic rings. The lowest BCUT2D eigenvalue weighted by molar-refractivity contribution is 0.678. The summed E-state index contributed by atoms with van der Waals surface area (Å²) < 4.78 is 10.9. The molecule has 84 valence electrons. The summed E-state index contributed by atoms with van der Waals surface area (Å²) in [7, 11) is -0.728. The van der Waals surface area contributed by atoms with Crippen LogP contribution < -0.4 is 11.1 Å². The fourth-order valence-electron chi connectivity index (χ4n) is 1.16. The Balaban J connectivity index is 2.40. The van der Waals surface area contributed by atoms with E-state index >= 15 is 0 Å². The fourth-order valence-corrected chi connectivity index (χ4v) is 1.84. The van der Waals surface area contributed by atoms with Crippen molar-refractivity contribution in [2.24, 2.45) is 0 Å². The van der Waals surface area contributed by atoms with Gasteiger partial charge in [-0.2, -0.15) is 0 Å². The Morgan fingerprint density at radius 2 is 2.33 bits per heavy atom. The van der Waals surface area contributed by atoms with E-state index in [-0.39, 0.29) is 6.04 Å². The summed E-state index contributed by atoms with van der Waals surface area (Å²) in [6.07, 6.45) is 4.20. The third-order valence-corrected chi connectivity index (χ3v) is 2.83. The molecule has 2 unspecified atom stereocenters. The van der Waals surface area contributed by atoms with Crippen molar-refractivity contribution in [1.29, 1.82) is 0 Å². The van der Waals surface area contributed by atoms with Gasteiger partial charge in [-0.15, -0.1) is 0 Å². The maximum absolute atomic E-state index is 10.9. The van der Waals surface area contributed by atoms with Gasteiger partial charge in [-0.1, -0.05) is 0 Å². The summed E-state index contributed by atoms with van der Waals surface area (Å²) in [5, 5.41) is 3.22. The second kappa shape index (κ2) is 5.70. The number of pyridine rings is 1. The minimum absolute atomic E-state index is 0.269. The van der Waals surface area contributed by atoms with Crippen LogP contribution in [0.15, 0.2) is 18.3 Å². The molecule has 1 rings (SSSR count). The van der Waals surface area contributed by atoms with Gasteiger partial charge in [0, 0.05) is 28.9 Å². The van der Waals surface area contributed by atoms with Crippen LogP contribution in [0.3, 0.4) is 0 Å². The lowest BCUT2D eigenvalue weighted by Gasteiger charge is -2.13. The molecule has 4 nitrogen and oxygen atoms in total. The molecule has 15 heavy (non-hydrogen) atoms. The zero-order chi connectivity index (χ0) is 11.3. The molecule has 2 atom stereocenters. The number of anilines is 2. The van der Waals surface area contributed by atoms with Gasteiger partial charge in [0.1, 0.15) is 5.82 Å². The second-order valence-corrected chi connectivity index (χ2v) is 5.14. The SMILES string of the molecule is CC(CCS(C)=O)Nc1ccc(N)cn1. The normalized spacial score (nSPS) is 14.5. The van der Waals surface area contributed by atoms with Crippen LogP contribution in [-0.4, -0.2) is 27.2 Å². The van der Waals surface area contributed by atoms with Gasteiger partial charge in [0.05, 0.1) is 11.9 Å². The molecule has 1 heterocycles. The number of nitrogens with two attached hydrogens (primary N) is 1. The van der Waals surface area contributed by atoms with Gasteiger partial charge in [-0.05, 0) is 25.5 Å². The number of rotatable bonds is 5. The Bertz CT molecular complexity index is 326. The van der Waals surface area contributed by atoms with Crippen molar-refractivity contribution in [2.75, 3.05) is 23.1 Å². The van der Waals surface area contributed by atoms with E-state index in [4.69, 9.17) is 5.73 Å². The molecular weight excluding hydrogens is 210 g/mol. The number of nitrogens with zero attached hydrogens (tertiary/aromatic N) is 1. The van der Waals surface area contributed by atoms with Crippen molar-refractivity contribution in [3.05, 3.63) is 18.3 Å². The minimum atomic E-state index is -0.728.